The van der Waals surface area contributed by atoms with Crippen LogP contribution in [0.2, 0.25) is 0 Å². The van der Waals surface area contributed by atoms with Gasteiger partial charge in [0.2, 0.25) is 0 Å². The Bertz CT molecular complexity index is 4540. The number of aryl methyl sites for hydroxylation is 1. The maximum atomic E-state index is 8.98. The third kappa shape index (κ3) is 10.3. The fourth-order valence-electron chi connectivity index (χ4n) is 11.3. The van der Waals surface area contributed by atoms with Gasteiger partial charge in [-0.05, 0) is 116 Å². The zero-order valence-corrected chi connectivity index (χ0v) is 49.3. The maximum Gasteiger partial charge on any atom is 0.121 e. The van der Waals surface area contributed by atoms with Crippen molar-refractivity contribution in [2.75, 3.05) is 0 Å². The Morgan fingerprint density at radius 2 is 0.988 bits per heavy atom. The molecule has 0 saturated heterocycles. The van der Waals surface area contributed by atoms with Crippen molar-refractivity contribution < 1.29 is 31.4 Å². The average molecular weight is 1240 g/mol. The van der Waals surface area contributed by atoms with Gasteiger partial charge in [0.05, 0.1) is 39.3 Å². The summed E-state index contributed by atoms with van der Waals surface area (Å²) < 4.78 is 53.5. The summed E-state index contributed by atoms with van der Waals surface area (Å²) in [6.45, 7) is 14.2. The minimum absolute atomic E-state index is 0. The third-order valence-electron chi connectivity index (χ3n) is 15.2. The van der Waals surface area contributed by atoms with Crippen LogP contribution in [0.4, 0.5) is 0 Å². The summed E-state index contributed by atoms with van der Waals surface area (Å²) in [5, 5.41) is 2.15. The molecule has 0 aliphatic rings. The van der Waals surface area contributed by atoms with Crippen LogP contribution in [0.3, 0.4) is 0 Å². The molecular formula is C75H66IrN4O-2. The normalized spacial score (nSPS) is 12.9. The number of hydrogen-bond donors (Lipinski definition) is 0. The van der Waals surface area contributed by atoms with Crippen molar-refractivity contribution in [2.24, 2.45) is 0 Å². The molecule has 0 unspecified atom stereocenters. The number of para-hydroxylation sites is 5. The van der Waals surface area contributed by atoms with Crippen LogP contribution in [0.15, 0.2) is 217 Å². The summed E-state index contributed by atoms with van der Waals surface area (Å²) in [5.41, 5.74) is 19.2. The largest absolute Gasteiger partial charge is 0.501 e. The fraction of sp³-hybridized carbons (Fsp3) is 0.173. The molecule has 81 heavy (non-hydrogen) atoms. The van der Waals surface area contributed by atoms with Crippen molar-refractivity contribution in [2.45, 2.75) is 85.9 Å². The van der Waals surface area contributed by atoms with Crippen molar-refractivity contribution in [1.29, 1.82) is 0 Å². The zero-order chi connectivity index (χ0) is 59.5. The van der Waals surface area contributed by atoms with Crippen LogP contribution in [-0.2, 0) is 20.1 Å². The molecule has 6 heteroatoms. The standard InChI is InChI=1S/C43H35N2O.C32H31N2.Ir/c1-27(2)36-24-32(30-16-9-6-10-17-30)25-37(28(3)4)41(36)45-39-21-12-11-20-38(39)44-43(45)35-19-13-18-34-33-23-22-31(26-40(33)46-42(34)35)29-14-7-5-8-15-29;1-21(2)26-14-11-15-27(22(3)4)31(26)34-30-17-10-9-16-29(30)33-32(34)25-19-18-23(5)28(20-25)24-12-7-6-8-13-24;/h5-18,20-28H,1-4H3;6-18,20-22H,1-5H3;/q2*-1;/i;5D3,21D,22D;. The number of nitrogens with zero attached hydrogens (tertiary/aromatic N) is 4. The van der Waals surface area contributed by atoms with Gasteiger partial charge in [-0.15, -0.1) is 47.5 Å². The molecule has 0 bridgehead atoms. The second-order valence-corrected chi connectivity index (χ2v) is 21.7. The molecule has 10 aromatic carbocycles. The van der Waals surface area contributed by atoms with E-state index in [1.807, 2.05) is 123 Å². The van der Waals surface area contributed by atoms with Crippen molar-refractivity contribution >= 4 is 44.0 Å². The Morgan fingerprint density at radius 1 is 0.469 bits per heavy atom. The molecule has 0 saturated carbocycles. The van der Waals surface area contributed by atoms with Gasteiger partial charge in [0, 0.05) is 43.7 Å². The molecule has 0 atom stereocenters. The van der Waals surface area contributed by atoms with E-state index in [1.165, 1.54) is 33.5 Å². The van der Waals surface area contributed by atoms with Gasteiger partial charge in [0.25, 0.3) is 0 Å². The Morgan fingerprint density at radius 3 is 1.56 bits per heavy atom. The van der Waals surface area contributed by atoms with Gasteiger partial charge < -0.3 is 13.6 Å². The van der Waals surface area contributed by atoms with Crippen LogP contribution >= 0.6 is 0 Å². The second kappa shape index (κ2) is 23.0. The summed E-state index contributed by atoms with van der Waals surface area (Å²) in [4.78, 5) is 10.3. The van der Waals surface area contributed by atoms with Crippen LogP contribution in [0, 0.1) is 19.0 Å². The maximum absolute atomic E-state index is 8.98. The first kappa shape index (κ1) is 48.5. The van der Waals surface area contributed by atoms with Crippen molar-refractivity contribution in [1.82, 2.24) is 19.1 Å². The molecule has 0 aliphatic carbocycles. The van der Waals surface area contributed by atoms with Crippen LogP contribution < -0.4 is 0 Å². The molecule has 0 spiro atoms. The second-order valence-electron chi connectivity index (χ2n) is 21.7. The quantitative estimate of drug-likeness (QED) is 0.121. The average Bonchev–Trinajstić information content (AvgIpc) is 1.86. The monoisotopic (exact) mass is 1240 g/mol. The molecule has 0 aliphatic heterocycles. The van der Waals surface area contributed by atoms with Crippen LogP contribution in [0.1, 0.15) is 114 Å². The Hall–Kier alpha value is -8.41. The van der Waals surface area contributed by atoms with Crippen LogP contribution in [0.25, 0.3) is 112 Å². The number of fused-ring (bicyclic) bond motifs is 5. The molecule has 3 aromatic heterocycles. The smallest absolute Gasteiger partial charge is 0.121 e. The molecule has 0 N–H and O–H groups in total. The predicted octanol–water partition coefficient (Wildman–Crippen LogP) is 20.7. The number of furan rings is 1. The number of rotatable bonds is 11. The number of imidazole rings is 2. The van der Waals surface area contributed by atoms with Gasteiger partial charge in [-0.3, -0.25) is 9.97 Å². The first-order chi connectivity index (χ1) is 40.7. The molecule has 3 heterocycles. The minimum atomic E-state index is -2.31. The molecule has 403 valence electrons. The van der Waals surface area contributed by atoms with Gasteiger partial charge in [-0.1, -0.05) is 224 Å². The first-order valence-electron chi connectivity index (χ1n) is 30.1. The number of hydrogen-bond acceptors (Lipinski definition) is 3. The molecule has 0 fully saturated rings. The van der Waals surface area contributed by atoms with E-state index >= 15 is 0 Å². The Labute approximate surface area is 497 Å². The SMILES string of the molecule is CC(C)c1cc(-c2ccccc2)cc(C(C)C)c1-n1c(-c2[c-]ccc3c2oc2cc(-c4ccccc4)ccc23)nc2ccccc21.[2H]C([2H])([2H])c1c[c-]c(-c2nc3ccccc3n2-c2c(C([2H])(C)C)cccc2C([2H])(C)C)cc1-c1ccccc1.[Ir]. The molecular weight excluding hydrogens is 1170 g/mol. The van der Waals surface area contributed by atoms with Gasteiger partial charge in [0.1, 0.15) is 5.58 Å². The van der Waals surface area contributed by atoms with E-state index in [1.54, 1.807) is 6.07 Å². The summed E-state index contributed by atoms with van der Waals surface area (Å²) in [6, 6.07) is 78.1. The number of aromatic nitrogens is 4. The van der Waals surface area contributed by atoms with E-state index in [2.05, 4.69) is 160 Å². The summed E-state index contributed by atoms with van der Waals surface area (Å²) in [6.07, 6.45) is 0. The van der Waals surface area contributed by atoms with E-state index in [-0.39, 0.29) is 37.5 Å². The Kier molecular flexibility index (Phi) is 13.8. The van der Waals surface area contributed by atoms with Crippen LogP contribution in [-0.4, -0.2) is 19.1 Å². The summed E-state index contributed by atoms with van der Waals surface area (Å²) >= 11 is 0. The predicted molar refractivity (Wildman–Crippen MR) is 335 cm³/mol. The molecule has 13 aromatic rings. The molecule has 1 radical (unpaired) electrons. The zero-order valence-electron chi connectivity index (χ0n) is 51.9. The van der Waals surface area contributed by atoms with Gasteiger partial charge in [-0.2, -0.15) is 0 Å². The first-order valence-corrected chi connectivity index (χ1v) is 27.6. The van der Waals surface area contributed by atoms with E-state index in [4.69, 9.17) is 21.2 Å². The van der Waals surface area contributed by atoms with Crippen molar-refractivity contribution in [3.8, 4) is 67.5 Å². The van der Waals surface area contributed by atoms with E-state index < -0.39 is 18.6 Å². The minimum Gasteiger partial charge on any atom is -0.501 e. The van der Waals surface area contributed by atoms with Crippen molar-refractivity contribution in [3.05, 3.63) is 252 Å². The topological polar surface area (TPSA) is 48.8 Å². The van der Waals surface area contributed by atoms with Gasteiger partial charge in [-0.25, -0.2) is 0 Å². The third-order valence-corrected chi connectivity index (χ3v) is 15.2. The fourth-order valence-corrected chi connectivity index (χ4v) is 11.3. The van der Waals surface area contributed by atoms with E-state index in [0.717, 1.165) is 83.3 Å². The molecule has 0 amide bonds. The van der Waals surface area contributed by atoms with Crippen LogP contribution in [0.5, 0.6) is 0 Å². The van der Waals surface area contributed by atoms with Gasteiger partial charge in [0.15, 0.2) is 0 Å². The van der Waals surface area contributed by atoms with Gasteiger partial charge >= 0.3 is 0 Å². The summed E-state index contributed by atoms with van der Waals surface area (Å²) in [5.74, 6) is 0.0742. The van der Waals surface area contributed by atoms with E-state index in [0.29, 0.717) is 17.0 Å². The Balaban J connectivity index is 0.000000179. The molecule has 5 nitrogen and oxygen atoms in total. The summed E-state index contributed by atoms with van der Waals surface area (Å²) in [7, 11) is 0. The van der Waals surface area contributed by atoms with Crippen molar-refractivity contribution in [3.63, 3.8) is 0 Å². The number of benzene rings is 10. The molecule has 13 rings (SSSR count). The van der Waals surface area contributed by atoms with E-state index in [9.17, 15) is 0 Å².